The third kappa shape index (κ3) is 3.57. The highest BCUT2D eigenvalue weighted by Gasteiger charge is 2.14. The Morgan fingerprint density at radius 2 is 2.06 bits per heavy atom. The minimum absolute atomic E-state index is 0.129. The number of carbonyl (C=O) groups is 1. The highest BCUT2D eigenvalue weighted by molar-refractivity contribution is 5.93. The maximum absolute atomic E-state index is 11.3. The van der Waals surface area contributed by atoms with Crippen LogP contribution in [0, 0.1) is 0 Å². The maximum Gasteiger partial charge on any atom is 0.224 e. The molecular weight excluding hydrogens is 224 g/mol. The van der Waals surface area contributed by atoms with Crippen LogP contribution in [0.5, 0.6) is 0 Å². The molecule has 3 nitrogen and oxygen atoms in total. The topological polar surface area (TPSA) is 41.1 Å². The summed E-state index contributed by atoms with van der Waals surface area (Å²) < 4.78 is 0. The van der Waals surface area contributed by atoms with E-state index >= 15 is 0 Å². The lowest BCUT2D eigenvalue weighted by atomic mass is 9.99. The Kier molecular flexibility index (Phi) is 3.71. The van der Waals surface area contributed by atoms with Gasteiger partial charge in [0.1, 0.15) is 0 Å². The average Bonchev–Trinajstić information content (AvgIpc) is 2.27. The van der Waals surface area contributed by atoms with Gasteiger partial charge in [0.05, 0.1) is 0 Å². The zero-order chi connectivity index (χ0) is 13.2. The van der Waals surface area contributed by atoms with E-state index in [-0.39, 0.29) is 11.4 Å². The zero-order valence-electron chi connectivity index (χ0n) is 11.5. The Morgan fingerprint density at radius 1 is 1.28 bits per heavy atom. The molecule has 1 aliphatic heterocycles. The average molecular weight is 246 g/mol. The molecule has 0 atom stereocenters. The van der Waals surface area contributed by atoms with Crippen LogP contribution in [0.25, 0.3) is 0 Å². The first-order valence-corrected chi connectivity index (χ1v) is 6.61. The molecule has 1 aromatic rings. The second kappa shape index (κ2) is 5.11. The van der Waals surface area contributed by atoms with Crippen molar-refractivity contribution in [3.8, 4) is 0 Å². The van der Waals surface area contributed by atoms with Gasteiger partial charge >= 0.3 is 0 Å². The number of aryl methyl sites for hydroxylation is 1. The van der Waals surface area contributed by atoms with E-state index < -0.39 is 0 Å². The van der Waals surface area contributed by atoms with E-state index in [1.165, 1.54) is 11.1 Å². The van der Waals surface area contributed by atoms with Crippen LogP contribution in [0.4, 0.5) is 5.69 Å². The molecule has 0 spiro atoms. The first-order chi connectivity index (χ1) is 8.44. The van der Waals surface area contributed by atoms with Gasteiger partial charge in [0.2, 0.25) is 5.91 Å². The molecule has 0 saturated heterocycles. The summed E-state index contributed by atoms with van der Waals surface area (Å²) in [5.41, 5.74) is 3.76. The second-order valence-electron chi connectivity index (χ2n) is 5.97. The number of amides is 1. The molecule has 1 aromatic carbocycles. The SMILES string of the molecule is CC(C)(C)NCCc1ccc2c(c1)CCC(=O)N2. The fourth-order valence-electron chi connectivity index (χ4n) is 2.17. The van der Waals surface area contributed by atoms with Crippen LogP contribution in [0.2, 0.25) is 0 Å². The van der Waals surface area contributed by atoms with Crippen molar-refractivity contribution in [3.05, 3.63) is 29.3 Å². The van der Waals surface area contributed by atoms with E-state index in [1.54, 1.807) is 0 Å². The Bertz CT molecular complexity index is 446. The van der Waals surface area contributed by atoms with Crippen molar-refractivity contribution in [2.75, 3.05) is 11.9 Å². The molecule has 98 valence electrons. The fourth-order valence-corrected chi connectivity index (χ4v) is 2.17. The molecule has 0 aromatic heterocycles. The second-order valence-corrected chi connectivity index (χ2v) is 5.97. The summed E-state index contributed by atoms with van der Waals surface area (Å²) in [4.78, 5) is 11.3. The smallest absolute Gasteiger partial charge is 0.224 e. The van der Waals surface area contributed by atoms with Crippen molar-refractivity contribution in [1.82, 2.24) is 5.32 Å². The van der Waals surface area contributed by atoms with Gasteiger partial charge in [0.25, 0.3) is 0 Å². The van der Waals surface area contributed by atoms with Crippen molar-refractivity contribution in [3.63, 3.8) is 0 Å². The summed E-state index contributed by atoms with van der Waals surface area (Å²) in [6.45, 7) is 7.51. The van der Waals surface area contributed by atoms with E-state index in [2.05, 4.69) is 43.5 Å². The lowest BCUT2D eigenvalue weighted by molar-refractivity contribution is -0.116. The molecule has 1 amide bonds. The molecular formula is C15H22N2O. The Balaban J connectivity index is 1.97. The lowest BCUT2D eigenvalue weighted by Gasteiger charge is -2.21. The molecule has 0 unspecified atom stereocenters. The van der Waals surface area contributed by atoms with Gasteiger partial charge in [-0.25, -0.2) is 0 Å². The monoisotopic (exact) mass is 246 g/mol. The number of rotatable bonds is 3. The maximum atomic E-state index is 11.3. The first-order valence-electron chi connectivity index (χ1n) is 6.61. The van der Waals surface area contributed by atoms with Gasteiger partial charge in [-0.1, -0.05) is 12.1 Å². The summed E-state index contributed by atoms with van der Waals surface area (Å²) in [7, 11) is 0. The van der Waals surface area contributed by atoms with E-state index in [0.29, 0.717) is 6.42 Å². The molecule has 1 aliphatic rings. The Labute approximate surface area is 109 Å². The van der Waals surface area contributed by atoms with Crippen LogP contribution in [0.3, 0.4) is 0 Å². The third-order valence-corrected chi connectivity index (χ3v) is 3.13. The number of carbonyl (C=O) groups excluding carboxylic acids is 1. The summed E-state index contributed by atoms with van der Waals surface area (Å²) >= 11 is 0. The highest BCUT2D eigenvalue weighted by atomic mass is 16.1. The van der Waals surface area contributed by atoms with Crippen LogP contribution < -0.4 is 10.6 Å². The predicted octanol–water partition coefficient (Wildman–Crippen LogP) is 2.50. The predicted molar refractivity (Wildman–Crippen MR) is 74.9 cm³/mol. The molecule has 2 rings (SSSR count). The molecule has 0 aliphatic carbocycles. The van der Waals surface area contributed by atoms with Crippen molar-refractivity contribution < 1.29 is 4.79 Å². The standard InChI is InChI=1S/C15H22N2O/c1-15(2,3)16-9-8-11-4-6-13-12(10-11)5-7-14(18)17-13/h4,6,10,16H,5,7-9H2,1-3H3,(H,17,18). The van der Waals surface area contributed by atoms with Crippen molar-refractivity contribution in [2.45, 2.75) is 45.6 Å². The molecule has 3 heteroatoms. The number of hydrogen-bond donors (Lipinski definition) is 2. The zero-order valence-corrected chi connectivity index (χ0v) is 11.5. The van der Waals surface area contributed by atoms with Crippen LogP contribution in [0.1, 0.15) is 38.3 Å². The molecule has 0 bridgehead atoms. The number of fused-ring (bicyclic) bond motifs is 1. The van der Waals surface area contributed by atoms with Crippen molar-refractivity contribution >= 4 is 11.6 Å². The van der Waals surface area contributed by atoms with E-state index in [4.69, 9.17) is 0 Å². The summed E-state index contributed by atoms with van der Waals surface area (Å²) in [6, 6.07) is 6.35. The summed E-state index contributed by atoms with van der Waals surface area (Å²) in [5, 5.41) is 6.40. The molecule has 18 heavy (non-hydrogen) atoms. The van der Waals surface area contributed by atoms with Gasteiger partial charge < -0.3 is 10.6 Å². The summed E-state index contributed by atoms with van der Waals surface area (Å²) in [5.74, 6) is 0.129. The van der Waals surface area contributed by atoms with E-state index in [0.717, 1.165) is 25.1 Å². The molecule has 0 fully saturated rings. The Hall–Kier alpha value is -1.35. The fraction of sp³-hybridized carbons (Fsp3) is 0.533. The molecule has 0 saturated carbocycles. The number of nitrogens with one attached hydrogen (secondary N) is 2. The summed E-state index contributed by atoms with van der Waals surface area (Å²) in [6.07, 6.45) is 2.50. The Morgan fingerprint density at radius 3 is 2.78 bits per heavy atom. The van der Waals surface area contributed by atoms with Crippen LogP contribution >= 0.6 is 0 Å². The largest absolute Gasteiger partial charge is 0.326 e. The third-order valence-electron chi connectivity index (χ3n) is 3.13. The van der Waals surface area contributed by atoms with Crippen molar-refractivity contribution in [2.24, 2.45) is 0 Å². The molecule has 2 N–H and O–H groups in total. The quantitative estimate of drug-likeness (QED) is 0.860. The van der Waals surface area contributed by atoms with Gasteiger partial charge in [-0.3, -0.25) is 4.79 Å². The first kappa shape index (κ1) is 13.1. The van der Waals surface area contributed by atoms with Gasteiger partial charge in [-0.15, -0.1) is 0 Å². The number of benzene rings is 1. The highest BCUT2D eigenvalue weighted by Crippen LogP contribution is 2.23. The van der Waals surface area contributed by atoms with Gasteiger partial charge in [-0.2, -0.15) is 0 Å². The minimum Gasteiger partial charge on any atom is -0.326 e. The molecule has 1 heterocycles. The normalized spacial score (nSPS) is 15.2. The van der Waals surface area contributed by atoms with Gasteiger partial charge in [-0.05, 0) is 57.4 Å². The molecule has 0 radical (unpaired) electrons. The van der Waals surface area contributed by atoms with Crippen LogP contribution in [0.15, 0.2) is 18.2 Å². The van der Waals surface area contributed by atoms with Gasteiger partial charge in [0, 0.05) is 17.6 Å². The van der Waals surface area contributed by atoms with Crippen LogP contribution in [-0.4, -0.2) is 18.0 Å². The van der Waals surface area contributed by atoms with Gasteiger partial charge in [0.15, 0.2) is 0 Å². The minimum atomic E-state index is 0.129. The lowest BCUT2D eigenvalue weighted by Crippen LogP contribution is -2.37. The van der Waals surface area contributed by atoms with E-state index in [9.17, 15) is 4.79 Å². The number of hydrogen-bond acceptors (Lipinski definition) is 2. The van der Waals surface area contributed by atoms with Crippen molar-refractivity contribution in [1.29, 1.82) is 0 Å². The van der Waals surface area contributed by atoms with E-state index in [1.807, 2.05) is 6.07 Å². The van der Waals surface area contributed by atoms with Crippen LogP contribution in [-0.2, 0) is 17.6 Å². The number of anilines is 1.